The van der Waals surface area contributed by atoms with Crippen molar-refractivity contribution in [2.75, 3.05) is 27.2 Å². The molecular formula is C24H27N7O. The number of imidazole rings is 1. The van der Waals surface area contributed by atoms with Gasteiger partial charge in [-0.1, -0.05) is 6.07 Å². The third kappa shape index (κ3) is 3.56. The van der Waals surface area contributed by atoms with Crippen LogP contribution in [0.3, 0.4) is 0 Å². The van der Waals surface area contributed by atoms with Gasteiger partial charge in [-0.15, -0.1) is 0 Å². The molecule has 0 radical (unpaired) electrons. The first-order valence-electron chi connectivity index (χ1n) is 10.9. The van der Waals surface area contributed by atoms with Crippen molar-refractivity contribution in [3.63, 3.8) is 0 Å². The Labute approximate surface area is 187 Å². The predicted octanol–water partition coefficient (Wildman–Crippen LogP) is 3.06. The third-order valence-electron chi connectivity index (χ3n) is 6.30. The molecule has 0 saturated carbocycles. The van der Waals surface area contributed by atoms with Crippen LogP contribution in [0.5, 0.6) is 0 Å². The molecule has 1 aliphatic heterocycles. The molecule has 0 N–H and O–H groups in total. The Hall–Kier alpha value is -3.52. The van der Waals surface area contributed by atoms with Crippen LogP contribution in [0.15, 0.2) is 55.1 Å². The standard InChI is InChI=1S/C24H27N7O/c1-17-27-20(16-31(17)24-25-10-6-11-26-24)22-15-19(21-7-4-5-12-30(21)22)23(32)29-13-8-18(9-14-29)28(2)3/h4-7,10-12,15-16,18H,8-9,13-14H2,1-3H3. The molecule has 32 heavy (non-hydrogen) atoms. The fourth-order valence-electron chi connectivity index (χ4n) is 4.49. The first-order chi connectivity index (χ1) is 15.5. The SMILES string of the molecule is Cc1nc(-c2cc(C(=O)N3CCC(N(C)C)CC3)c3ccccn23)cn1-c1ncccn1. The van der Waals surface area contributed by atoms with Crippen LogP contribution in [0.25, 0.3) is 22.9 Å². The number of hydrogen-bond donors (Lipinski definition) is 0. The highest BCUT2D eigenvalue weighted by molar-refractivity contribution is 6.02. The van der Waals surface area contributed by atoms with Crippen LogP contribution >= 0.6 is 0 Å². The summed E-state index contributed by atoms with van der Waals surface area (Å²) in [5, 5.41) is 0. The number of carbonyl (C=O) groups is 1. The lowest BCUT2D eigenvalue weighted by molar-refractivity contribution is 0.0665. The molecule has 4 aromatic rings. The minimum atomic E-state index is 0.0831. The highest BCUT2D eigenvalue weighted by Crippen LogP contribution is 2.28. The van der Waals surface area contributed by atoms with Gasteiger partial charge in [0.1, 0.15) is 11.5 Å². The highest BCUT2D eigenvalue weighted by atomic mass is 16.2. The maximum Gasteiger partial charge on any atom is 0.256 e. The molecule has 8 heteroatoms. The second kappa shape index (κ2) is 8.20. The quantitative estimate of drug-likeness (QED) is 0.499. The largest absolute Gasteiger partial charge is 0.338 e. The molecule has 8 nitrogen and oxygen atoms in total. The van der Waals surface area contributed by atoms with E-state index in [1.165, 1.54) is 0 Å². The van der Waals surface area contributed by atoms with Crippen LogP contribution < -0.4 is 0 Å². The summed E-state index contributed by atoms with van der Waals surface area (Å²) in [5.74, 6) is 1.44. The van der Waals surface area contributed by atoms with Crippen molar-refractivity contribution in [2.24, 2.45) is 0 Å². The molecule has 0 unspecified atom stereocenters. The smallest absolute Gasteiger partial charge is 0.256 e. The number of fused-ring (bicyclic) bond motifs is 1. The minimum Gasteiger partial charge on any atom is -0.338 e. The van der Waals surface area contributed by atoms with Crippen LogP contribution in [-0.2, 0) is 0 Å². The fraction of sp³-hybridized carbons (Fsp3) is 0.333. The van der Waals surface area contributed by atoms with Crippen molar-refractivity contribution in [3.05, 3.63) is 66.5 Å². The van der Waals surface area contributed by atoms with Gasteiger partial charge in [0.2, 0.25) is 5.95 Å². The molecule has 0 aromatic carbocycles. The van der Waals surface area contributed by atoms with E-state index >= 15 is 0 Å². The van der Waals surface area contributed by atoms with Gasteiger partial charge in [-0.05, 0) is 58.1 Å². The van der Waals surface area contributed by atoms with E-state index in [1.54, 1.807) is 18.5 Å². The fourth-order valence-corrected chi connectivity index (χ4v) is 4.49. The molecule has 4 aromatic heterocycles. The molecule has 0 spiro atoms. The van der Waals surface area contributed by atoms with Gasteiger partial charge >= 0.3 is 0 Å². The van der Waals surface area contributed by atoms with Crippen molar-refractivity contribution in [3.8, 4) is 17.3 Å². The number of rotatable bonds is 4. The molecule has 0 bridgehead atoms. The van der Waals surface area contributed by atoms with Gasteiger partial charge in [0.15, 0.2) is 0 Å². The number of nitrogens with zero attached hydrogens (tertiary/aromatic N) is 7. The van der Waals surface area contributed by atoms with Gasteiger partial charge in [-0.25, -0.2) is 15.0 Å². The van der Waals surface area contributed by atoms with E-state index in [-0.39, 0.29) is 5.91 Å². The molecule has 0 atom stereocenters. The van der Waals surface area contributed by atoms with E-state index < -0.39 is 0 Å². The molecule has 1 saturated heterocycles. The van der Waals surface area contributed by atoms with Gasteiger partial charge in [-0.2, -0.15) is 0 Å². The average Bonchev–Trinajstić information content (AvgIpc) is 3.40. The van der Waals surface area contributed by atoms with Crippen molar-refractivity contribution >= 4 is 11.4 Å². The maximum absolute atomic E-state index is 13.5. The summed E-state index contributed by atoms with van der Waals surface area (Å²) < 4.78 is 3.91. The van der Waals surface area contributed by atoms with E-state index in [1.807, 2.05) is 57.5 Å². The lowest BCUT2D eigenvalue weighted by Crippen LogP contribution is -2.44. The van der Waals surface area contributed by atoms with Gasteiger partial charge in [0.25, 0.3) is 5.91 Å². The van der Waals surface area contributed by atoms with Crippen molar-refractivity contribution < 1.29 is 4.79 Å². The third-order valence-corrected chi connectivity index (χ3v) is 6.30. The first-order valence-corrected chi connectivity index (χ1v) is 10.9. The predicted molar refractivity (Wildman–Crippen MR) is 123 cm³/mol. The number of carbonyl (C=O) groups excluding carboxylic acids is 1. The Bertz CT molecular complexity index is 1250. The Kier molecular flexibility index (Phi) is 5.22. The summed E-state index contributed by atoms with van der Waals surface area (Å²) in [6.45, 7) is 3.48. The normalized spacial score (nSPS) is 15.1. The summed E-state index contributed by atoms with van der Waals surface area (Å²) in [6, 6.07) is 10.2. The Morgan fingerprint density at radius 2 is 1.84 bits per heavy atom. The average molecular weight is 430 g/mol. The van der Waals surface area contributed by atoms with Crippen LogP contribution in [0.4, 0.5) is 0 Å². The van der Waals surface area contributed by atoms with Crippen LogP contribution in [-0.4, -0.2) is 72.9 Å². The number of piperidine rings is 1. The number of likely N-dealkylation sites (tertiary alicyclic amines) is 1. The van der Waals surface area contributed by atoms with Crippen LogP contribution in [0, 0.1) is 6.92 Å². The number of hydrogen-bond acceptors (Lipinski definition) is 5. The Morgan fingerprint density at radius 1 is 1.09 bits per heavy atom. The number of aromatic nitrogens is 5. The van der Waals surface area contributed by atoms with Crippen LogP contribution in [0.2, 0.25) is 0 Å². The molecule has 5 heterocycles. The highest BCUT2D eigenvalue weighted by Gasteiger charge is 2.27. The topological polar surface area (TPSA) is 71.6 Å². The molecule has 1 amide bonds. The zero-order valence-corrected chi connectivity index (χ0v) is 18.6. The number of pyridine rings is 1. The maximum atomic E-state index is 13.5. The summed E-state index contributed by atoms with van der Waals surface area (Å²) in [4.78, 5) is 31.1. The van der Waals surface area contributed by atoms with E-state index in [4.69, 9.17) is 4.98 Å². The van der Waals surface area contributed by atoms with Crippen molar-refractivity contribution in [1.29, 1.82) is 0 Å². The van der Waals surface area contributed by atoms with Gasteiger partial charge < -0.3 is 14.2 Å². The molecule has 1 fully saturated rings. The second-order valence-corrected chi connectivity index (χ2v) is 8.48. The zero-order valence-electron chi connectivity index (χ0n) is 18.6. The summed E-state index contributed by atoms with van der Waals surface area (Å²) >= 11 is 0. The Morgan fingerprint density at radius 3 is 2.56 bits per heavy atom. The molecule has 164 valence electrons. The van der Waals surface area contributed by atoms with Crippen LogP contribution in [0.1, 0.15) is 29.0 Å². The first kappa shape index (κ1) is 20.4. The summed E-state index contributed by atoms with van der Waals surface area (Å²) in [7, 11) is 4.22. The van der Waals surface area contributed by atoms with Crippen molar-refractivity contribution in [1.82, 2.24) is 33.7 Å². The zero-order chi connectivity index (χ0) is 22.2. The summed E-state index contributed by atoms with van der Waals surface area (Å²) in [6.07, 6.45) is 9.33. The summed E-state index contributed by atoms with van der Waals surface area (Å²) in [5.41, 5.74) is 3.27. The lowest BCUT2D eigenvalue weighted by atomic mass is 10.0. The monoisotopic (exact) mass is 429 g/mol. The minimum absolute atomic E-state index is 0.0831. The van der Waals surface area contributed by atoms with Gasteiger partial charge in [0.05, 0.1) is 16.8 Å². The molecule has 1 aliphatic rings. The van der Waals surface area contributed by atoms with Gasteiger partial charge in [0, 0.05) is 43.9 Å². The van der Waals surface area contributed by atoms with Gasteiger partial charge in [-0.3, -0.25) is 9.36 Å². The lowest BCUT2D eigenvalue weighted by Gasteiger charge is -2.35. The van der Waals surface area contributed by atoms with E-state index in [0.29, 0.717) is 17.6 Å². The molecule has 0 aliphatic carbocycles. The van der Waals surface area contributed by atoms with E-state index in [0.717, 1.165) is 48.7 Å². The van der Waals surface area contributed by atoms with E-state index in [2.05, 4.69) is 29.0 Å². The Balaban J connectivity index is 1.51. The molecular weight excluding hydrogens is 402 g/mol. The number of aryl methyl sites for hydroxylation is 1. The second-order valence-electron chi connectivity index (χ2n) is 8.48. The van der Waals surface area contributed by atoms with E-state index in [9.17, 15) is 4.79 Å². The van der Waals surface area contributed by atoms with Crippen molar-refractivity contribution in [2.45, 2.75) is 25.8 Å². The number of amides is 1. The molecule has 5 rings (SSSR count).